The molecular formula is C20H28N4O2S. The second kappa shape index (κ2) is 7.72. The van der Waals surface area contributed by atoms with Crippen LogP contribution in [0.1, 0.15) is 29.7 Å². The predicted octanol–water partition coefficient (Wildman–Crippen LogP) is 3.02. The van der Waals surface area contributed by atoms with E-state index in [-0.39, 0.29) is 11.8 Å². The molecule has 146 valence electrons. The van der Waals surface area contributed by atoms with Gasteiger partial charge in [0.15, 0.2) is 0 Å². The Labute approximate surface area is 164 Å². The Morgan fingerprint density at radius 3 is 2.78 bits per heavy atom. The van der Waals surface area contributed by atoms with Gasteiger partial charge in [0.05, 0.1) is 17.9 Å². The molecule has 6 nitrogen and oxygen atoms in total. The van der Waals surface area contributed by atoms with Gasteiger partial charge in [0.25, 0.3) is 0 Å². The highest BCUT2D eigenvalue weighted by Crippen LogP contribution is 2.35. The van der Waals surface area contributed by atoms with E-state index >= 15 is 0 Å². The number of fused-ring (bicyclic) bond motifs is 1. The van der Waals surface area contributed by atoms with E-state index in [1.54, 1.807) is 17.7 Å². The van der Waals surface area contributed by atoms with E-state index in [0.717, 1.165) is 56.2 Å². The second-order valence-corrected chi connectivity index (χ2v) is 9.07. The maximum Gasteiger partial charge on any atom is 0.227 e. The normalized spacial score (nSPS) is 21.1. The number of piperidine rings is 1. The number of anilines is 1. The number of hydrogen-bond donors (Lipinski definition) is 0. The molecule has 2 saturated heterocycles. The average Bonchev–Trinajstić information content (AvgIpc) is 3.31. The summed E-state index contributed by atoms with van der Waals surface area (Å²) in [6.07, 6.45) is 4.74. The molecule has 0 aliphatic carbocycles. The number of carbonyl (C=O) groups excluding carboxylic acids is 1. The first-order valence-electron chi connectivity index (χ1n) is 9.83. The zero-order chi connectivity index (χ0) is 19.0. The van der Waals surface area contributed by atoms with E-state index in [1.807, 2.05) is 11.9 Å². The van der Waals surface area contributed by atoms with Crippen LogP contribution in [0.2, 0.25) is 0 Å². The number of amides is 1. The summed E-state index contributed by atoms with van der Waals surface area (Å²) < 4.78 is 5.36. The Balaban J connectivity index is 1.39. The van der Waals surface area contributed by atoms with Crippen LogP contribution in [0.3, 0.4) is 0 Å². The molecule has 0 bridgehead atoms. The van der Waals surface area contributed by atoms with Crippen LogP contribution in [-0.2, 0) is 9.53 Å². The van der Waals surface area contributed by atoms with E-state index in [2.05, 4.69) is 28.7 Å². The van der Waals surface area contributed by atoms with Crippen LogP contribution in [-0.4, -0.2) is 60.7 Å². The molecule has 0 aromatic carbocycles. The molecule has 4 heterocycles. The molecule has 1 atom stereocenters. The first kappa shape index (κ1) is 18.6. The molecule has 2 aromatic rings. The first-order chi connectivity index (χ1) is 13.0. The molecule has 0 spiro atoms. The van der Waals surface area contributed by atoms with E-state index in [1.165, 1.54) is 15.8 Å². The highest BCUT2D eigenvalue weighted by Gasteiger charge is 2.29. The molecular weight excluding hydrogens is 360 g/mol. The number of nitrogens with zero attached hydrogens (tertiary/aromatic N) is 4. The quantitative estimate of drug-likeness (QED) is 0.806. The fourth-order valence-electron chi connectivity index (χ4n) is 4.25. The van der Waals surface area contributed by atoms with Gasteiger partial charge in [0.2, 0.25) is 5.91 Å². The van der Waals surface area contributed by atoms with Crippen molar-refractivity contribution in [2.45, 2.75) is 33.1 Å². The number of aryl methyl sites for hydroxylation is 2. The lowest BCUT2D eigenvalue weighted by atomic mass is 9.95. The summed E-state index contributed by atoms with van der Waals surface area (Å²) in [5.74, 6) is 1.94. The molecule has 2 fully saturated rings. The third-order valence-electron chi connectivity index (χ3n) is 6.05. The average molecular weight is 389 g/mol. The van der Waals surface area contributed by atoms with Crippen molar-refractivity contribution in [2.75, 3.05) is 44.8 Å². The first-order valence-corrected chi connectivity index (χ1v) is 10.6. The van der Waals surface area contributed by atoms with Gasteiger partial charge >= 0.3 is 0 Å². The van der Waals surface area contributed by atoms with Gasteiger partial charge in [0.1, 0.15) is 17.0 Å². The number of aromatic nitrogens is 2. The monoisotopic (exact) mass is 388 g/mol. The maximum absolute atomic E-state index is 12.5. The topological polar surface area (TPSA) is 58.6 Å². The van der Waals surface area contributed by atoms with Crippen LogP contribution >= 0.6 is 11.3 Å². The maximum atomic E-state index is 12.5. The van der Waals surface area contributed by atoms with Crippen molar-refractivity contribution in [3.05, 3.63) is 16.8 Å². The molecule has 27 heavy (non-hydrogen) atoms. The van der Waals surface area contributed by atoms with Gasteiger partial charge in [-0.1, -0.05) is 0 Å². The summed E-state index contributed by atoms with van der Waals surface area (Å²) in [4.78, 5) is 28.3. The van der Waals surface area contributed by atoms with Crippen LogP contribution in [0, 0.1) is 25.7 Å². The Bertz CT molecular complexity index is 823. The Morgan fingerprint density at radius 1 is 1.30 bits per heavy atom. The zero-order valence-corrected chi connectivity index (χ0v) is 17.2. The minimum atomic E-state index is 0.0641. The molecule has 0 radical (unpaired) electrons. The minimum absolute atomic E-state index is 0.0641. The second-order valence-electron chi connectivity index (χ2n) is 7.87. The molecule has 2 aromatic heterocycles. The fourth-order valence-corrected chi connectivity index (χ4v) is 5.24. The highest BCUT2D eigenvalue weighted by atomic mass is 32.1. The summed E-state index contributed by atoms with van der Waals surface area (Å²) in [5, 5.41) is 1.21. The molecule has 1 amide bonds. The zero-order valence-electron chi connectivity index (χ0n) is 16.4. The molecule has 4 rings (SSSR count). The fraction of sp³-hybridized carbons (Fsp3) is 0.650. The van der Waals surface area contributed by atoms with Crippen molar-refractivity contribution >= 4 is 33.3 Å². The summed E-state index contributed by atoms with van der Waals surface area (Å²) >= 11 is 1.75. The van der Waals surface area contributed by atoms with Crippen LogP contribution in [0.4, 0.5) is 5.82 Å². The lowest BCUT2D eigenvalue weighted by molar-refractivity contribution is -0.134. The third kappa shape index (κ3) is 3.67. The van der Waals surface area contributed by atoms with Crippen molar-refractivity contribution in [2.24, 2.45) is 11.8 Å². The van der Waals surface area contributed by atoms with E-state index in [4.69, 9.17) is 4.74 Å². The highest BCUT2D eigenvalue weighted by molar-refractivity contribution is 7.18. The lowest BCUT2D eigenvalue weighted by Gasteiger charge is -2.35. The van der Waals surface area contributed by atoms with Crippen LogP contribution in [0.5, 0.6) is 0 Å². The Hall–Kier alpha value is -1.73. The number of rotatable bonds is 4. The van der Waals surface area contributed by atoms with Gasteiger partial charge in [-0.15, -0.1) is 11.3 Å². The smallest absolute Gasteiger partial charge is 0.227 e. The standard InChI is InChI=1S/C20H28N4O2S/c1-13-14(2)27-19-17(13)18(21-12-22-19)24-7-4-15(5-8-24)10-23(3)20(25)16-6-9-26-11-16/h12,15-16H,4-11H2,1-3H3. The lowest BCUT2D eigenvalue weighted by Crippen LogP contribution is -2.41. The molecule has 2 aliphatic rings. The minimum Gasteiger partial charge on any atom is -0.381 e. The van der Waals surface area contributed by atoms with Crippen LogP contribution in [0.25, 0.3) is 10.2 Å². The largest absolute Gasteiger partial charge is 0.381 e. The van der Waals surface area contributed by atoms with Gasteiger partial charge in [-0.05, 0) is 44.6 Å². The van der Waals surface area contributed by atoms with Crippen molar-refractivity contribution < 1.29 is 9.53 Å². The van der Waals surface area contributed by atoms with Crippen LogP contribution in [0.15, 0.2) is 6.33 Å². The van der Waals surface area contributed by atoms with E-state index in [9.17, 15) is 4.79 Å². The Kier molecular flexibility index (Phi) is 5.32. The summed E-state index contributed by atoms with van der Waals surface area (Å²) in [7, 11) is 1.94. The van der Waals surface area contributed by atoms with Crippen molar-refractivity contribution in [1.82, 2.24) is 14.9 Å². The van der Waals surface area contributed by atoms with Gasteiger partial charge in [-0.3, -0.25) is 4.79 Å². The predicted molar refractivity (Wildman–Crippen MR) is 108 cm³/mol. The van der Waals surface area contributed by atoms with Gasteiger partial charge in [-0.25, -0.2) is 9.97 Å². The number of hydrogen-bond acceptors (Lipinski definition) is 6. The molecule has 0 N–H and O–H groups in total. The molecule has 1 unspecified atom stereocenters. The number of thiophene rings is 1. The van der Waals surface area contributed by atoms with Crippen molar-refractivity contribution in [1.29, 1.82) is 0 Å². The SMILES string of the molecule is Cc1sc2ncnc(N3CCC(CN(C)C(=O)C4CCOC4)CC3)c2c1C. The van der Waals surface area contributed by atoms with E-state index in [0.29, 0.717) is 12.5 Å². The summed E-state index contributed by atoms with van der Waals surface area (Å²) in [6.45, 7) is 8.45. The van der Waals surface area contributed by atoms with Gasteiger partial charge < -0.3 is 14.5 Å². The third-order valence-corrected chi connectivity index (χ3v) is 7.16. The number of ether oxygens (including phenoxy) is 1. The van der Waals surface area contributed by atoms with Gasteiger partial charge in [-0.2, -0.15) is 0 Å². The summed E-state index contributed by atoms with van der Waals surface area (Å²) in [6, 6.07) is 0. The number of carbonyl (C=O) groups is 1. The molecule has 0 saturated carbocycles. The summed E-state index contributed by atoms with van der Waals surface area (Å²) in [5.41, 5.74) is 1.30. The van der Waals surface area contributed by atoms with Crippen molar-refractivity contribution in [3.63, 3.8) is 0 Å². The Morgan fingerprint density at radius 2 is 2.07 bits per heavy atom. The van der Waals surface area contributed by atoms with Crippen molar-refractivity contribution in [3.8, 4) is 0 Å². The van der Waals surface area contributed by atoms with Gasteiger partial charge in [0, 0.05) is 38.2 Å². The van der Waals surface area contributed by atoms with Crippen LogP contribution < -0.4 is 4.90 Å². The molecule has 7 heteroatoms. The molecule has 2 aliphatic heterocycles. The van der Waals surface area contributed by atoms with E-state index < -0.39 is 0 Å².